The third kappa shape index (κ3) is 1.31. The Morgan fingerprint density at radius 1 is 1.07 bits per heavy atom. The summed E-state index contributed by atoms with van der Waals surface area (Å²) in [5.74, 6) is 0. The van der Waals surface area contributed by atoms with Gasteiger partial charge in [-0.15, -0.1) is 0 Å². The van der Waals surface area contributed by atoms with Crippen molar-refractivity contribution in [2.45, 2.75) is 0 Å². The van der Waals surface area contributed by atoms with Gasteiger partial charge in [-0.05, 0) is 30.3 Å². The molecule has 1 heterocycles. The van der Waals surface area contributed by atoms with Crippen molar-refractivity contribution < 1.29 is 0 Å². The first kappa shape index (κ1) is 8.24. The van der Waals surface area contributed by atoms with Crippen LogP contribution in [0.4, 0.5) is 0 Å². The van der Waals surface area contributed by atoms with E-state index < -0.39 is 0 Å². The van der Waals surface area contributed by atoms with Gasteiger partial charge in [0.15, 0.2) is 0 Å². The molecule has 0 amide bonds. The van der Waals surface area contributed by atoms with Gasteiger partial charge in [-0.1, -0.05) is 24.3 Å². The number of benzene rings is 2. The molecule has 0 spiro atoms. The van der Waals surface area contributed by atoms with Crippen molar-refractivity contribution in [3.05, 3.63) is 60.8 Å². The van der Waals surface area contributed by atoms with Gasteiger partial charge in [0.05, 0.1) is 17.4 Å². The van der Waals surface area contributed by atoms with Gasteiger partial charge in [0, 0.05) is 5.39 Å². The summed E-state index contributed by atoms with van der Waals surface area (Å²) in [5, 5.41) is 5.47. The van der Waals surface area contributed by atoms with Crippen LogP contribution in [0.5, 0.6) is 0 Å². The van der Waals surface area contributed by atoms with Crippen molar-refractivity contribution in [2.24, 2.45) is 0 Å². The lowest BCUT2D eigenvalue weighted by Crippen LogP contribution is -1.94. The van der Waals surface area contributed by atoms with Gasteiger partial charge < -0.3 is 0 Å². The second kappa shape index (κ2) is 3.24. The number of rotatable bonds is 1. The SMILES string of the molecule is [c]1ccc2c(c1)cnn2-c1ccccc1. The minimum atomic E-state index is 1.08. The van der Waals surface area contributed by atoms with Crippen LogP contribution in [0.3, 0.4) is 0 Å². The quantitative estimate of drug-likeness (QED) is 0.581. The Morgan fingerprint density at radius 3 is 2.80 bits per heavy atom. The van der Waals surface area contributed by atoms with Crippen LogP contribution < -0.4 is 0 Å². The molecule has 3 aromatic rings. The van der Waals surface area contributed by atoms with Gasteiger partial charge in [0.2, 0.25) is 0 Å². The third-order valence-corrected chi connectivity index (χ3v) is 2.41. The number of hydrogen-bond acceptors (Lipinski definition) is 1. The van der Waals surface area contributed by atoms with Crippen molar-refractivity contribution in [1.82, 2.24) is 9.78 Å². The molecular weight excluding hydrogens is 184 g/mol. The summed E-state index contributed by atoms with van der Waals surface area (Å²) in [6, 6.07) is 19.0. The smallest absolute Gasteiger partial charge is 0.0741 e. The standard InChI is InChI=1S/C13H9N2/c1-2-7-12(8-3-1)15-13-9-5-4-6-11(13)10-14-15/h1-3,5-10H. The van der Waals surface area contributed by atoms with Gasteiger partial charge in [0.25, 0.3) is 0 Å². The second-order valence-electron chi connectivity index (χ2n) is 3.38. The molecule has 2 heteroatoms. The average Bonchev–Trinajstić information content (AvgIpc) is 2.74. The summed E-state index contributed by atoms with van der Waals surface area (Å²) in [6.07, 6.45) is 1.86. The molecule has 2 nitrogen and oxygen atoms in total. The summed E-state index contributed by atoms with van der Waals surface area (Å²) >= 11 is 0. The summed E-state index contributed by atoms with van der Waals surface area (Å²) in [5.41, 5.74) is 2.19. The fourth-order valence-electron chi connectivity index (χ4n) is 1.69. The lowest BCUT2D eigenvalue weighted by atomic mass is 10.2. The van der Waals surface area contributed by atoms with Gasteiger partial charge in [-0.3, -0.25) is 0 Å². The number of hydrogen-bond donors (Lipinski definition) is 0. The Balaban J connectivity index is 2.28. The van der Waals surface area contributed by atoms with E-state index in [1.807, 2.05) is 59.4 Å². The fourth-order valence-corrected chi connectivity index (χ4v) is 1.69. The Bertz CT molecular complexity index is 582. The maximum Gasteiger partial charge on any atom is 0.0741 e. The highest BCUT2D eigenvalue weighted by Gasteiger charge is 2.02. The van der Waals surface area contributed by atoms with Crippen LogP contribution in [0.25, 0.3) is 16.6 Å². The number of para-hydroxylation sites is 1. The molecule has 0 atom stereocenters. The zero-order valence-electron chi connectivity index (χ0n) is 8.09. The minimum absolute atomic E-state index is 1.08. The van der Waals surface area contributed by atoms with Gasteiger partial charge in [-0.25, -0.2) is 4.68 Å². The lowest BCUT2D eigenvalue weighted by Gasteiger charge is -2.01. The molecule has 1 aromatic heterocycles. The summed E-state index contributed by atoms with van der Waals surface area (Å²) in [4.78, 5) is 0. The molecule has 0 aliphatic carbocycles. The largest absolute Gasteiger partial charge is 0.233 e. The Labute approximate surface area is 87.8 Å². The number of nitrogens with zero attached hydrogens (tertiary/aromatic N) is 2. The first-order valence-electron chi connectivity index (χ1n) is 4.84. The Hall–Kier alpha value is -2.09. The molecule has 1 radical (unpaired) electrons. The molecule has 0 N–H and O–H groups in total. The van der Waals surface area contributed by atoms with E-state index in [1.54, 1.807) is 0 Å². The molecule has 2 aromatic carbocycles. The minimum Gasteiger partial charge on any atom is -0.233 e. The van der Waals surface area contributed by atoms with E-state index in [0.717, 1.165) is 16.6 Å². The molecule has 0 unspecified atom stereocenters. The van der Waals surface area contributed by atoms with E-state index in [9.17, 15) is 0 Å². The fraction of sp³-hybridized carbons (Fsp3) is 0. The molecular formula is C13H9N2. The highest BCUT2D eigenvalue weighted by Crippen LogP contribution is 2.16. The van der Waals surface area contributed by atoms with E-state index in [0.29, 0.717) is 0 Å². The van der Waals surface area contributed by atoms with E-state index in [1.165, 1.54) is 0 Å². The van der Waals surface area contributed by atoms with Crippen LogP contribution in [0.1, 0.15) is 0 Å². The highest BCUT2D eigenvalue weighted by atomic mass is 15.3. The van der Waals surface area contributed by atoms with Crippen LogP contribution >= 0.6 is 0 Å². The van der Waals surface area contributed by atoms with Gasteiger partial charge >= 0.3 is 0 Å². The summed E-state index contributed by atoms with van der Waals surface area (Å²) in [7, 11) is 0. The van der Waals surface area contributed by atoms with Crippen molar-refractivity contribution in [1.29, 1.82) is 0 Å². The third-order valence-electron chi connectivity index (χ3n) is 2.41. The van der Waals surface area contributed by atoms with Gasteiger partial charge in [-0.2, -0.15) is 5.10 Å². The normalized spacial score (nSPS) is 10.7. The molecule has 0 fully saturated rings. The Kier molecular flexibility index (Phi) is 1.78. The van der Waals surface area contributed by atoms with Gasteiger partial charge in [0.1, 0.15) is 0 Å². The predicted octanol–water partition coefficient (Wildman–Crippen LogP) is 2.83. The van der Waals surface area contributed by atoms with Crippen molar-refractivity contribution >= 4 is 10.9 Å². The molecule has 71 valence electrons. The molecule has 0 aliphatic heterocycles. The average molecular weight is 193 g/mol. The maximum atomic E-state index is 4.36. The molecule has 0 saturated heterocycles. The number of fused-ring (bicyclic) bond motifs is 1. The first-order valence-corrected chi connectivity index (χ1v) is 4.84. The summed E-state index contributed by atoms with van der Waals surface area (Å²) in [6.45, 7) is 0. The molecule has 0 bridgehead atoms. The van der Waals surface area contributed by atoms with E-state index in [2.05, 4.69) is 11.2 Å². The van der Waals surface area contributed by atoms with Crippen LogP contribution in [0, 0.1) is 6.07 Å². The number of aromatic nitrogens is 2. The predicted molar refractivity (Wildman–Crippen MR) is 59.9 cm³/mol. The van der Waals surface area contributed by atoms with E-state index in [4.69, 9.17) is 0 Å². The Morgan fingerprint density at radius 2 is 1.93 bits per heavy atom. The summed E-state index contributed by atoms with van der Waals surface area (Å²) < 4.78 is 1.93. The van der Waals surface area contributed by atoms with Crippen molar-refractivity contribution in [3.8, 4) is 5.69 Å². The molecule has 15 heavy (non-hydrogen) atoms. The topological polar surface area (TPSA) is 17.8 Å². The van der Waals surface area contributed by atoms with Crippen molar-refractivity contribution in [3.63, 3.8) is 0 Å². The van der Waals surface area contributed by atoms with Crippen molar-refractivity contribution in [2.75, 3.05) is 0 Å². The first-order chi connectivity index (χ1) is 7.45. The zero-order valence-corrected chi connectivity index (χ0v) is 8.09. The van der Waals surface area contributed by atoms with Crippen LogP contribution in [0.15, 0.2) is 54.7 Å². The molecule has 0 saturated carbocycles. The molecule has 0 aliphatic rings. The second-order valence-corrected chi connectivity index (χ2v) is 3.38. The lowest BCUT2D eigenvalue weighted by molar-refractivity contribution is 0.911. The van der Waals surface area contributed by atoms with E-state index >= 15 is 0 Å². The van der Waals surface area contributed by atoms with Crippen LogP contribution in [-0.2, 0) is 0 Å². The van der Waals surface area contributed by atoms with E-state index in [-0.39, 0.29) is 0 Å². The maximum absolute atomic E-state index is 4.36. The van der Waals surface area contributed by atoms with Crippen LogP contribution in [0.2, 0.25) is 0 Å². The molecule has 3 rings (SSSR count). The zero-order chi connectivity index (χ0) is 10.1. The van der Waals surface area contributed by atoms with Crippen LogP contribution in [-0.4, -0.2) is 9.78 Å². The highest BCUT2D eigenvalue weighted by molar-refractivity contribution is 5.79. The monoisotopic (exact) mass is 193 g/mol.